The van der Waals surface area contributed by atoms with Gasteiger partial charge in [-0.1, -0.05) is 6.92 Å². The maximum atomic E-state index is 3.46. The quantitative estimate of drug-likeness (QED) is 0.695. The summed E-state index contributed by atoms with van der Waals surface area (Å²) in [6.45, 7) is 9.79. The SMILES string of the molecule is CC(N1CCCNCC1)C1(C)CC1. The van der Waals surface area contributed by atoms with Gasteiger partial charge in [0.1, 0.15) is 0 Å². The third-order valence-corrected chi connectivity index (χ3v) is 3.97. The van der Waals surface area contributed by atoms with Crippen LogP contribution in [0.15, 0.2) is 0 Å². The van der Waals surface area contributed by atoms with Crippen LogP contribution in [0.3, 0.4) is 0 Å². The summed E-state index contributed by atoms with van der Waals surface area (Å²) in [6, 6.07) is 0.799. The zero-order chi connectivity index (χ0) is 9.31. The van der Waals surface area contributed by atoms with Crippen molar-refractivity contribution >= 4 is 0 Å². The van der Waals surface area contributed by atoms with Crippen molar-refractivity contribution in [2.45, 2.75) is 39.2 Å². The number of nitrogens with one attached hydrogen (secondary N) is 1. The molecule has 76 valence electrons. The van der Waals surface area contributed by atoms with Gasteiger partial charge in [0.05, 0.1) is 0 Å². The molecule has 0 aromatic heterocycles. The normalized spacial score (nSPS) is 30.9. The van der Waals surface area contributed by atoms with E-state index < -0.39 is 0 Å². The van der Waals surface area contributed by atoms with Gasteiger partial charge in [0.15, 0.2) is 0 Å². The highest BCUT2D eigenvalue weighted by atomic mass is 15.2. The van der Waals surface area contributed by atoms with Gasteiger partial charge in [-0.2, -0.15) is 0 Å². The zero-order valence-corrected chi connectivity index (χ0v) is 8.97. The van der Waals surface area contributed by atoms with Crippen molar-refractivity contribution in [2.24, 2.45) is 5.41 Å². The fraction of sp³-hybridized carbons (Fsp3) is 1.00. The maximum absolute atomic E-state index is 3.46. The van der Waals surface area contributed by atoms with E-state index in [0.717, 1.165) is 6.04 Å². The van der Waals surface area contributed by atoms with Gasteiger partial charge in [0, 0.05) is 19.1 Å². The molecule has 1 aliphatic carbocycles. The molecule has 1 saturated heterocycles. The van der Waals surface area contributed by atoms with Gasteiger partial charge in [0.25, 0.3) is 0 Å². The highest BCUT2D eigenvalue weighted by Gasteiger charge is 2.44. The van der Waals surface area contributed by atoms with E-state index in [1.807, 2.05) is 0 Å². The molecule has 2 aliphatic rings. The first-order valence-electron chi connectivity index (χ1n) is 5.67. The zero-order valence-electron chi connectivity index (χ0n) is 8.97. The first kappa shape index (κ1) is 9.47. The Labute approximate surface area is 81.7 Å². The first-order chi connectivity index (χ1) is 6.22. The summed E-state index contributed by atoms with van der Waals surface area (Å²) in [4.78, 5) is 2.67. The van der Waals surface area contributed by atoms with E-state index in [1.165, 1.54) is 45.4 Å². The molecule has 0 aromatic rings. The molecule has 1 N–H and O–H groups in total. The second-order valence-corrected chi connectivity index (χ2v) is 4.97. The van der Waals surface area contributed by atoms with Gasteiger partial charge in [0.2, 0.25) is 0 Å². The number of nitrogens with zero attached hydrogens (tertiary/aromatic N) is 1. The van der Waals surface area contributed by atoms with Gasteiger partial charge in [-0.25, -0.2) is 0 Å². The van der Waals surface area contributed by atoms with Crippen molar-refractivity contribution in [3.63, 3.8) is 0 Å². The predicted molar refractivity (Wildman–Crippen MR) is 55.9 cm³/mol. The Morgan fingerprint density at radius 2 is 2.00 bits per heavy atom. The Hall–Kier alpha value is -0.0800. The molecule has 1 unspecified atom stereocenters. The van der Waals surface area contributed by atoms with Crippen molar-refractivity contribution in [3.8, 4) is 0 Å². The Balaban J connectivity index is 1.90. The van der Waals surface area contributed by atoms with Crippen LogP contribution in [-0.4, -0.2) is 37.1 Å². The van der Waals surface area contributed by atoms with Gasteiger partial charge in [-0.15, -0.1) is 0 Å². The lowest BCUT2D eigenvalue weighted by atomic mass is 9.99. The molecule has 1 aliphatic heterocycles. The molecular weight excluding hydrogens is 160 g/mol. The minimum absolute atomic E-state index is 0.657. The van der Waals surface area contributed by atoms with E-state index in [0.29, 0.717) is 5.41 Å². The minimum Gasteiger partial charge on any atom is -0.315 e. The number of hydrogen-bond donors (Lipinski definition) is 1. The summed E-state index contributed by atoms with van der Waals surface area (Å²) >= 11 is 0. The Morgan fingerprint density at radius 1 is 1.23 bits per heavy atom. The summed E-state index contributed by atoms with van der Waals surface area (Å²) in [6.07, 6.45) is 4.20. The lowest BCUT2D eigenvalue weighted by Crippen LogP contribution is -2.40. The largest absolute Gasteiger partial charge is 0.315 e. The molecule has 0 bridgehead atoms. The number of hydrogen-bond acceptors (Lipinski definition) is 2. The highest BCUT2D eigenvalue weighted by Crippen LogP contribution is 2.49. The van der Waals surface area contributed by atoms with Crippen LogP contribution in [0, 0.1) is 5.41 Å². The molecule has 0 amide bonds. The molecular formula is C11H22N2. The summed E-state index contributed by atoms with van der Waals surface area (Å²) in [5, 5.41) is 3.46. The van der Waals surface area contributed by atoms with E-state index in [9.17, 15) is 0 Å². The standard InChI is InChI=1S/C11H22N2/c1-10(11(2)4-5-11)13-8-3-6-12-7-9-13/h10,12H,3-9H2,1-2H3. The lowest BCUT2D eigenvalue weighted by Gasteiger charge is -2.32. The van der Waals surface area contributed by atoms with E-state index in [1.54, 1.807) is 0 Å². The van der Waals surface area contributed by atoms with Crippen molar-refractivity contribution in [2.75, 3.05) is 26.2 Å². The van der Waals surface area contributed by atoms with Gasteiger partial charge in [-0.3, -0.25) is 4.90 Å². The van der Waals surface area contributed by atoms with Crippen LogP contribution in [-0.2, 0) is 0 Å². The smallest absolute Gasteiger partial charge is 0.0121 e. The first-order valence-corrected chi connectivity index (χ1v) is 5.67. The molecule has 0 spiro atoms. The van der Waals surface area contributed by atoms with Gasteiger partial charge in [-0.05, 0) is 44.7 Å². The van der Waals surface area contributed by atoms with Gasteiger partial charge < -0.3 is 5.32 Å². The Bertz CT molecular complexity index is 167. The van der Waals surface area contributed by atoms with Crippen LogP contribution in [0.25, 0.3) is 0 Å². The lowest BCUT2D eigenvalue weighted by molar-refractivity contribution is 0.159. The van der Waals surface area contributed by atoms with Crippen LogP contribution in [0.2, 0.25) is 0 Å². The molecule has 2 rings (SSSR count). The summed E-state index contributed by atoms with van der Waals surface area (Å²) in [5.41, 5.74) is 0.657. The maximum Gasteiger partial charge on any atom is 0.0121 e. The molecule has 2 fully saturated rings. The second-order valence-electron chi connectivity index (χ2n) is 4.97. The van der Waals surface area contributed by atoms with Crippen molar-refractivity contribution < 1.29 is 0 Å². The fourth-order valence-corrected chi connectivity index (χ4v) is 2.31. The van der Waals surface area contributed by atoms with Crippen molar-refractivity contribution in [3.05, 3.63) is 0 Å². The monoisotopic (exact) mass is 182 g/mol. The molecule has 1 heterocycles. The highest BCUT2D eigenvalue weighted by molar-refractivity contribution is 4.97. The molecule has 2 nitrogen and oxygen atoms in total. The molecule has 1 saturated carbocycles. The van der Waals surface area contributed by atoms with Crippen LogP contribution < -0.4 is 5.32 Å². The summed E-state index contributed by atoms with van der Waals surface area (Å²) in [7, 11) is 0. The third kappa shape index (κ3) is 2.05. The van der Waals surface area contributed by atoms with Crippen LogP contribution in [0.5, 0.6) is 0 Å². The Kier molecular flexibility index (Phi) is 2.61. The average molecular weight is 182 g/mol. The average Bonchev–Trinajstić information content (AvgIpc) is 2.88. The number of rotatable bonds is 2. The molecule has 13 heavy (non-hydrogen) atoms. The molecule has 2 heteroatoms. The van der Waals surface area contributed by atoms with Crippen LogP contribution >= 0.6 is 0 Å². The van der Waals surface area contributed by atoms with E-state index in [-0.39, 0.29) is 0 Å². The molecule has 0 radical (unpaired) electrons. The van der Waals surface area contributed by atoms with Gasteiger partial charge >= 0.3 is 0 Å². The molecule has 1 atom stereocenters. The topological polar surface area (TPSA) is 15.3 Å². The fourth-order valence-electron chi connectivity index (χ4n) is 2.31. The van der Waals surface area contributed by atoms with Crippen molar-refractivity contribution in [1.82, 2.24) is 10.2 Å². The summed E-state index contributed by atoms with van der Waals surface area (Å²) < 4.78 is 0. The third-order valence-electron chi connectivity index (χ3n) is 3.97. The van der Waals surface area contributed by atoms with Crippen LogP contribution in [0.4, 0.5) is 0 Å². The minimum atomic E-state index is 0.657. The van der Waals surface area contributed by atoms with E-state index >= 15 is 0 Å². The second kappa shape index (κ2) is 3.58. The van der Waals surface area contributed by atoms with E-state index in [2.05, 4.69) is 24.1 Å². The molecule has 0 aromatic carbocycles. The van der Waals surface area contributed by atoms with Crippen molar-refractivity contribution in [1.29, 1.82) is 0 Å². The Morgan fingerprint density at radius 3 is 2.69 bits per heavy atom. The predicted octanol–water partition coefficient (Wildman–Crippen LogP) is 1.47. The van der Waals surface area contributed by atoms with Crippen LogP contribution in [0.1, 0.15) is 33.1 Å². The van der Waals surface area contributed by atoms with E-state index in [4.69, 9.17) is 0 Å². The summed E-state index contributed by atoms with van der Waals surface area (Å²) in [5.74, 6) is 0.